The lowest BCUT2D eigenvalue weighted by Crippen LogP contribution is -2.28. The van der Waals surface area contributed by atoms with Crippen molar-refractivity contribution in [3.63, 3.8) is 0 Å². The van der Waals surface area contributed by atoms with Crippen molar-refractivity contribution >= 4 is 23.5 Å². The third-order valence-electron chi connectivity index (χ3n) is 9.32. The Kier molecular flexibility index (Phi) is 16.1. The fourth-order valence-corrected chi connectivity index (χ4v) is 6.44. The Morgan fingerprint density at radius 3 is 2.07 bits per heavy atom. The van der Waals surface area contributed by atoms with Gasteiger partial charge < -0.3 is 45.3 Å². The maximum Gasteiger partial charge on any atom is 0.306 e. The van der Waals surface area contributed by atoms with E-state index in [1.165, 1.54) is 6.20 Å². The fourth-order valence-electron chi connectivity index (χ4n) is 6.20. The minimum Gasteiger partial charge on any atom is -0.488 e. The zero-order chi connectivity index (χ0) is 42.3. The number of carbonyl (C=O) groups is 2. The number of hydrogen-bond donors (Lipinski definition) is 6. The predicted molar refractivity (Wildman–Crippen MR) is 219 cm³/mol. The highest BCUT2D eigenvalue weighted by Gasteiger charge is 2.17. The van der Waals surface area contributed by atoms with Gasteiger partial charge >= 0.3 is 11.9 Å². The van der Waals surface area contributed by atoms with Crippen LogP contribution in [-0.2, 0) is 42.5 Å². The number of nitrogens with one attached hydrogen (secondary N) is 2. The first kappa shape index (κ1) is 44.0. The smallest absolute Gasteiger partial charge is 0.306 e. The van der Waals surface area contributed by atoms with E-state index in [-0.39, 0.29) is 45.9 Å². The molecule has 0 aliphatic heterocycles. The number of halogens is 1. The lowest BCUT2D eigenvalue weighted by molar-refractivity contribution is -0.140. The number of pyridine rings is 2. The van der Waals surface area contributed by atoms with Crippen LogP contribution in [0.1, 0.15) is 57.5 Å². The standard InChI is InChI=1S/C44H46ClN5O9/c1-27-32(25-58-42-15-41(57-24-31-11-30(16-46)18-47-19-31)33(12-39(42)45)21-49-23-36(52)14-44(55)56)5-3-6-37(27)38-7-4-8-40(28(38)2)59-26-34-10-9-29(20-50-34)17-48-22-35(51)13-43(53)54/h3-12,15,18-20,35-36,48-49,51-52H,13-14,17,21-26H2,1-2H3,(H,53,54)(H,55,56). The summed E-state index contributed by atoms with van der Waals surface area (Å²) in [6.07, 6.45) is 2.03. The number of aliphatic hydroxyl groups excluding tert-OH is 2. The monoisotopic (exact) mass is 823 g/mol. The van der Waals surface area contributed by atoms with Crippen molar-refractivity contribution in [2.24, 2.45) is 0 Å². The molecule has 59 heavy (non-hydrogen) atoms. The van der Waals surface area contributed by atoms with Crippen LogP contribution >= 0.6 is 11.6 Å². The van der Waals surface area contributed by atoms with Crippen molar-refractivity contribution in [2.75, 3.05) is 13.1 Å². The van der Waals surface area contributed by atoms with Gasteiger partial charge in [0.2, 0.25) is 0 Å². The number of rotatable bonds is 22. The number of nitrogens with zero attached hydrogens (tertiary/aromatic N) is 3. The summed E-state index contributed by atoms with van der Waals surface area (Å²) in [5.41, 5.74) is 8.24. The summed E-state index contributed by atoms with van der Waals surface area (Å²) in [5, 5.41) is 53.3. The molecule has 0 fully saturated rings. The van der Waals surface area contributed by atoms with E-state index >= 15 is 0 Å². The number of ether oxygens (including phenoxy) is 3. The second kappa shape index (κ2) is 21.6. The normalized spacial score (nSPS) is 12.0. The molecule has 0 aliphatic carbocycles. The topological polar surface area (TPSA) is 216 Å². The molecule has 15 heteroatoms. The average molecular weight is 824 g/mol. The van der Waals surface area contributed by atoms with Gasteiger partial charge in [-0.25, -0.2) is 0 Å². The van der Waals surface area contributed by atoms with Gasteiger partial charge in [0.25, 0.3) is 0 Å². The molecule has 0 amide bonds. The molecular formula is C44H46ClN5O9. The van der Waals surface area contributed by atoms with E-state index < -0.39 is 30.6 Å². The van der Waals surface area contributed by atoms with Crippen LogP contribution in [0.3, 0.4) is 0 Å². The second-order valence-electron chi connectivity index (χ2n) is 13.9. The highest BCUT2D eigenvalue weighted by atomic mass is 35.5. The summed E-state index contributed by atoms with van der Waals surface area (Å²) >= 11 is 6.74. The quantitative estimate of drug-likeness (QED) is 0.0481. The van der Waals surface area contributed by atoms with E-state index in [0.29, 0.717) is 45.5 Å². The van der Waals surface area contributed by atoms with Gasteiger partial charge in [-0.3, -0.25) is 19.6 Å². The molecular weight excluding hydrogens is 778 g/mol. The summed E-state index contributed by atoms with van der Waals surface area (Å²) in [6.45, 7) is 5.44. The summed E-state index contributed by atoms with van der Waals surface area (Å²) in [5.74, 6) is -0.618. The number of aliphatic hydroxyl groups is 2. The van der Waals surface area contributed by atoms with Gasteiger partial charge in [-0.05, 0) is 71.5 Å². The van der Waals surface area contributed by atoms with Crippen LogP contribution < -0.4 is 24.8 Å². The molecule has 5 rings (SSSR count). The van der Waals surface area contributed by atoms with Gasteiger partial charge in [0.15, 0.2) is 0 Å². The Morgan fingerprint density at radius 2 is 1.39 bits per heavy atom. The molecule has 3 aromatic carbocycles. The van der Waals surface area contributed by atoms with Crippen LogP contribution in [0.2, 0.25) is 5.02 Å². The SMILES string of the molecule is Cc1c(COc2cc(OCc3cncc(C#N)c3)c(CNCC(O)CC(=O)O)cc2Cl)cccc1-c1cccc(OCc2ccc(CNCC(O)CC(=O)O)cn2)c1C. The molecule has 2 heterocycles. The molecule has 0 aliphatic rings. The molecule has 308 valence electrons. The van der Waals surface area contributed by atoms with Crippen LogP contribution in [0.25, 0.3) is 11.1 Å². The third-order valence-corrected chi connectivity index (χ3v) is 9.62. The summed E-state index contributed by atoms with van der Waals surface area (Å²) in [4.78, 5) is 30.3. The molecule has 5 aromatic rings. The van der Waals surface area contributed by atoms with Gasteiger partial charge in [0.1, 0.15) is 43.1 Å². The van der Waals surface area contributed by atoms with E-state index in [9.17, 15) is 25.1 Å². The molecule has 2 aromatic heterocycles. The van der Waals surface area contributed by atoms with Gasteiger partial charge in [0, 0.05) is 62.0 Å². The number of hydrogen-bond acceptors (Lipinski definition) is 12. The Balaban J connectivity index is 1.26. The van der Waals surface area contributed by atoms with Gasteiger partial charge in [-0.15, -0.1) is 0 Å². The number of benzene rings is 3. The Morgan fingerprint density at radius 1 is 0.729 bits per heavy atom. The number of aromatic nitrogens is 2. The van der Waals surface area contributed by atoms with Crippen molar-refractivity contribution < 1.29 is 44.2 Å². The van der Waals surface area contributed by atoms with Gasteiger partial charge in [-0.1, -0.05) is 48.0 Å². The molecule has 0 saturated heterocycles. The van der Waals surface area contributed by atoms with Crippen molar-refractivity contribution in [3.05, 3.63) is 135 Å². The first-order chi connectivity index (χ1) is 28.4. The highest BCUT2D eigenvalue weighted by Crippen LogP contribution is 2.36. The molecule has 6 N–H and O–H groups in total. The van der Waals surface area contributed by atoms with E-state index in [2.05, 4.69) is 26.7 Å². The van der Waals surface area contributed by atoms with Crippen LogP contribution in [0.5, 0.6) is 17.2 Å². The number of aliphatic carboxylic acids is 2. The molecule has 0 bridgehead atoms. The average Bonchev–Trinajstić information content (AvgIpc) is 3.20. The number of carboxylic acids is 2. The van der Waals surface area contributed by atoms with Crippen molar-refractivity contribution in [1.82, 2.24) is 20.6 Å². The fraction of sp³-hybridized carbons (Fsp3) is 0.295. The minimum absolute atomic E-state index is 0.0391. The molecule has 0 radical (unpaired) electrons. The first-order valence-corrected chi connectivity index (χ1v) is 19.2. The first-order valence-electron chi connectivity index (χ1n) is 18.8. The Labute approximate surface area is 347 Å². The van der Waals surface area contributed by atoms with Crippen molar-refractivity contribution in [2.45, 2.75) is 71.8 Å². The predicted octanol–water partition coefficient (Wildman–Crippen LogP) is 5.87. The maximum absolute atomic E-state index is 11.0. The molecule has 0 saturated carbocycles. The van der Waals surface area contributed by atoms with Crippen LogP contribution in [-0.4, -0.2) is 67.6 Å². The van der Waals surface area contributed by atoms with E-state index in [0.717, 1.165) is 39.1 Å². The molecule has 0 spiro atoms. The van der Waals surface area contributed by atoms with Crippen molar-refractivity contribution in [1.29, 1.82) is 5.26 Å². The van der Waals surface area contributed by atoms with E-state index in [1.807, 2.05) is 62.4 Å². The zero-order valence-electron chi connectivity index (χ0n) is 32.7. The largest absolute Gasteiger partial charge is 0.488 e. The second-order valence-corrected chi connectivity index (χ2v) is 14.3. The van der Waals surface area contributed by atoms with Crippen LogP contribution in [0.4, 0.5) is 0 Å². The van der Waals surface area contributed by atoms with Gasteiger partial charge in [-0.2, -0.15) is 5.26 Å². The third kappa shape index (κ3) is 13.2. The van der Waals surface area contributed by atoms with Crippen molar-refractivity contribution in [3.8, 4) is 34.4 Å². The number of carboxylic acid groups (broad SMARTS) is 2. The lowest BCUT2D eigenvalue weighted by atomic mass is 9.93. The lowest BCUT2D eigenvalue weighted by Gasteiger charge is -2.18. The van der Waals surface area contributed by atoms with Crippen LogP contribution in [0.15, 0.2) is 85.3 Å². The molecule has 2 atom stereocenters. The number of nitriles is 1. The molecule has 2 unspecified atom stereocenters. The Hall–Kier alpha value is -6.08. The molecule has 14 nitrogen and oxygen atoms in total. The zero-order valence-corrected chi connectivity index (χ0v) is 33.4. The highest BCUT2D eigenvalue weighted by molar-refractivity contribution is 6.32. The Bertz CT molecular complexity index is 2270. The maximum atomic E-state index is 11.0. The van der Waals surface area contributed by atoms with E-state index in [4.69, 9.17) is 36.0 Å². The van der Waals surface area contributed by atoms with E-state index in [1.54, 1.807) is 30.6 Å². The minimum atomic E-state index is -1.10. The van der Waals surface area contributed by atoms with Gasteiger partial charge in [0.05, 0.1) is 41.3 Å². The summed E-state index contributed by atoms with van der Waals surface area (Å²) in [6, 6.07) is 22.8. The van der Waals surface area contributed by atoms with Crippen LogP contribution in [0, 0.1) is 25.2 Å². The summed E-state index contributed by atoms with van der Waals surface area (Å²) in [7, 11) is 0. The summed E-state index contributed by atoms with van der Waals surface area (Å²) < 4.78 is 18.7.